The van der Waals surface area contributed by atoms with Crippen molar-refractivity contribution in [3.05, 3.63) is 77.4 Å². The van der Waals surface area contributed by atoms with Gasteiger partial charge in [-0.25, -0.2) is 0 Å². The van der Waals surface area contributed by atoms with Crippen molar-refractivity contribution in [2.75, 3.05) is 6.61 Å². The van der Waals surface area contributed by atoms with E-state index < -0.39 is 24.4 Å². The Morgan fingerprint density at radius 2 is 1.27 bits per heavy atom. The molecule has 0 radical (unpaired) electrons. The standard InChI is InChI=1S/C27H30O6/c1-3-22(30)17-7-11-24-20(13-17)21-14-18(23(31)4-2)8-12-25(21)33-27(26(15-28)32-24)16-5-9-19(29)10-6-16/h5-14,22-23,26-31H,3-4,15H2,1-2H3. The van der Waals surface area contributed by atoms with Crippen LogP contribution >= 0.6 is 0 Å². The number of rotatable bonds is 6. The van der Waals surface area contributed by atoms with E-state index in [1.165, 1.54) is 0 Å². The Morgan fingerprint density at radius 3 is 1.76 bits per heavy atom. The minimum atomic E-state index is -0.704. The van der Waals surface area contributed by atoms with Gasteiger partial charge in [0.1, 0.15) is 17.2 Å². The summed E-state index contributed by atoms with van der Waals surface area (Å²) in [5.74, 6) is 1.26. The summed E-state index contributed by atoms with van der Waals surface area (Å²) < 4.78 is 12.7. The SMILES string of the molecule is CCC(O)c1ccc2c(c1)-c1cc(C(O)CC)ccc1OC(c1ccc(O)cc1)C(CO)O2. The lowest BCUT2D eigenvalue weighted by Crippen LogP contribution is -2.34. The van der Waals surface area contributed by atoms with Gasteiger partial charge in [0, 0.05) is 11.1 Å². The lowest BCUT2D eigenvalue weighted by Gasteiger charge is -2.32. The molecule has 174 valence electrons. The van der Waals surface area contributed by atoms with Crippen LogP contribution in [0, 0.1) is 0 Å². The molecule has 0 fully saturated rings. The largest absolute Gasteiger partial charge is 0.508 e. The zero-order chi connectivity index (χ0) is 23.5. The minimum absolute atomic E-state index is 0.136. The zero-order valence-corrected chi connectivity index (χ0v) is 18.8. The summed E-state index contributed by atoms with van der Waals surface area (Å²) in [7, 11) is 0. The van der Waals surface area contributed by atoms with Gasteiger partial charge in [0.25, 0.3) is 0 Å². The fourth-order valence-electron chi connectivity index (χ4n) is 4.12. The molecule has 33 heavy (non-hydrogen) atoms. The molecule has 6 heteroatoms. The molecule has 1 aliphatic rings. The molecular formula is C27H30O6. The highest BCUT2D eigenvalue weighted by molar-refractivity contribution is 5.77. The molecule has 0 aliphatic carbocycles. The number of aliphatic hydroxyl groups excluding tert-OH is 3. The zero-order valence-electron chi connectivity index (χ0n) is 18.8. The monoisotopic (exact) mass is 450 g/mol. The van der Waals surface area contributed by atoms with Crippen LogP contribution in [0.3, 0.4) is 0 Å². The molecule has 3 aromatic rings. The number of hydrogen-bond donors (Lipinski definition) is 4. The first-order valence-corrected chi connectivity index (χ1v) is 11.3. The topological polar surface area (TPSA) is 99.4 Å². The molecule has 0 aromatic heterocycles. The first-order chi connectivity index (χ1) is 15.9. The lowest BCUT2D eigenvalue weighted by atomic mass is 9.94. The molecule has 6 nitrogen and oxygen atoms in total. The second-order valence-corrected chi connectivity index (χ2v) is 8.33. The normalized spacial score (nSPS) is 19.2. The van der Waals surface area contributed by atoms with Gasteiger partial charge in [-0.15, -0.1) is 0 Å². The van der Waals surface area contributed by atoms with Gasteiger partial charge in [-0.3, -0.25) is 0 Å². The summed E-state index contributed by atoms with van der Waals surface area (Å²) in [5.41, 5.74) is 3.72. The second-order valence-electron chi connectivity index (χ2n) is 8.33. The van der Waals surface area contributed by atoms with Crippen LogP contribution in [0.25, 0.3) is 11.1 Å². The van der Waals surface area contributed by atoms with Gasteiger partial charge in [-0.05, 0) is 65.9 Å². The first-order valence-electron chi connectivity index (χ1n) is 11.3. The summed E-state index contributed by atoms with van der Waals surface area (Å²) >= 11 is 0. The first kappa shape index (κ1) is 23.1. The predicted molar refractivity (Wildman–Crippen MR) is 125 cm³/mol. The average molecular weight is 451 g/mol. The molecule has 0 saturated carbocycles. The fourth-order valence-corrected chi connectivity index (χ4v) is 4.12. The number of aliphatic hydroxyl groups is 3. The molecule has 4 unspecified atom stereocenters. The van der Waals surface area contributed by atoms with Gasteiger partial charge in [-0.1, -0.05) is 38.1 Å². The second kappa shape index (κ2) is 9.83. The molecule has 0 amide bonds. The van der Waals surface area contributed by atoms with Gasteiger partial charge in [0.2, 0.25) is 0 Å². The van der Waals surface area contributed by atoms with Crippen molar-refractivity contribution in [3.8, 4) is 28.4 Å². The predicted octanol–water partition coefficient (Wildman–Crippen LogP) is 4.82. The smallest absolute Gasteiger partial charge is 0.163 e. The van der Waals surface area contributed by atoms with E-state index in [9.17, 15) is 20.4 Å². The van der Waals surface area contributed by atoms with Crippen molar-refractivity contribution < 1.29 is 29.9 Å². The highest BCUT2D eigenvalue weighted by Crippen LogP contribution is 2.44. The van der Waals surface area contributed by atoms with Crippen LogP contribution in [0.2, 0.25) is 0 Å². The van der Waals surface area contributed by atoms with E-state index in [0.29, 0.717) is 24.3 Å². The van der Waals surface area contributed by atoms with Crippen LogP contribution in [0.1, 0.15) is 61.7 Å². The van der Waals surface area contributed by atoms with Crippen molar-refractivity contribution in [1.82, 2.24) is 0 Å². The van der Waals surface area contributed by atoms with Crippen LogP contribution in [0.5, 0.6) is 17.2 Å². The van der Waals surface area contributed by atoms with Gasteiger partial charge in [-0.2, -0.15) is 0 Å². The van der Waals surface area contributed by atoms with Crippen LogP contribution in [0.15, 0.2) is 60.7 Å². The number of benzene rings is 3. The van der Waals surface area contributed by atoms with E-state index in [1.807, 2.05) is 44.2 Å². The molecule has 0 bridgehead atoms. The summed E-state index contributed by atoms with van der Waals surface area (Å²) in [4.78, 5) is 0. The fraction of sp³-hybridized carbons (Fsp3) is 0.333. The van der Waals surface area contributed by atoms with E-state index in [0.717, 1.165) is 27.8 Å². The van der Waals surface area contributed by atoms with Gasteiger partial charge < -0.3 is 29.9 Å². The quantitative estimate of drug-likeness (QED) is 0.430. The maximum atomic E-state index is 10.5. The van der Waals surface area contributed by atoms with Crippen molar-refractivity contribution in [1.29, 1.82) is 0 Å². The van der Waals surface area contributed by atoms with Crippen molar-refractivity contribution in [2.45, 2.75) is 51.1 Å². The van der Waals surface area contributed by atoms with E-state index in [4.69, 9.17) is 9.47 Å². The summed E-state index contributed by atoms with van der Waals surface area (Å²) in [6, 6.07) is 17.7. The maximum absolute atomic E-state index is 10.5. The molecule has 0 saturated heterocycles. The molecular weight excluding hydrogens is 420 g/mol. The van der Waals surface area contributed by atoms with Crippen molar-refractivity contribution >= 4 is 0 Å². The Labute approximate surface area is 193 Å². The number of phenols is 1. The third-order valence-corrected chi connectivity index (χ3v) is 6.11. The third kappa shape index (κ3) is 4.69. The Hall–Kier alpha value is -3.06. The summed E-state index contributed by atoms with van der Waals surface area (Å²) in [6.07, 6.45) is -1.43. The lowest BCUT2D eigenvalue weighted by molar-refractivity contribution is 0.0133. The number of phenolic OH excluding ortho intramolecular Hbond substituents is 1. The van der Waals surface area contributed by atoms with E-state index >= 15 is 0 Å². The molecule has 4 N–H and O–H groups in total. The van der Waals surface area contributed by atoms with E-state index in [1.54, 1.807) is 30.3 Å². The molecule has 4 atom stereocenters. The van der Waals surface area contributed by atoms with Gasteiger partial charge in [0.05, 0.1) is 18.8 Å². The highest BCUT2D eigenvalue weighted by Gasteiger charge is 2.32. The molecule has 1 heterocycles. The van der Waals surface area contributed by atoms with Gasteiger partial charge in [0.15, 0.2) is 12.2 Å². The van der Waals surface area contributed by atoms with Crippen molar-refractivity contribution in [3.63, 3.8) is 0 Å². The van der Waals surface area contributed by atoms with E-state index in [2.05, 4.69) is 0 Å². The van der Waals surface area contributed by atoms with E-state index in [-0.39, 0.29) is 12.4 Å². The van der Waals surface area contributed by atoms with Crippen LogP contribution in [-0.2, 0) is 0 Å². The average Bonchev–Trinajstić information content (AvgIpc) is 2.84. The number of hydrogen-bond acceptors (Lipinski definition) is 6. The number of aromatic hydroxyl groups is 1. The van der Waals surface area contributed by atoms with Crippen LogP contribution < -0.4 is 9.47 Å². The molecule has 0 spiro atoms. The molecule has 1 aliphatic heterocycles. The summed E-state index contributed by atoms with van der Waals surface area (Å²) in [5, 5.41) is 40.7. The Balaban J connectivity index is 1.89. The number of ether oxygens (including phenoxy) is 2. The highest BCUT2D eigenvalue weighted by atomic mass is 16.6. The molecule has 3 aromatic carbocycles. The maximum Gasteiger partial charge on any atom is 0.163 e. The Bertz CT molecular complexity index is 1090. The third-order valence-electron chi connectivity index (χ3n) is 6.11. The Morgan fingerprint density at radius 1 is 0.758 bits per heavy atom. The minimum Gasteiger partial charge on any atom is -0.508 e. The van der Waals surface area contributed by atoms with Crippen molar-refractivity contribution in [2.24, 2.45) is 0 Å². The number of fused-ring (bicyclic) bond motifs is 3. The summed E-state index contributed by atoms with van der Waals surface area (Å²) in [6.45, 7) is 3.54. The Kier molecular flexibility index (Phi) is 6.88. The van der Waals surface area contributed by atoms with Crippen LogP contribution in [0.4, 0.5) is 0 Å². The molecule has 4 rings (SSSR count). The van der Waals surface area contributed by atoms with Crippen LogP contribution in [-0.4, -0.2) is 33.1 Å². The van der Waals surface area contributed by atoms with Gasteiger partial charge >= 0.3 is 0 Å².